The number of anilines is 1. The predicted octanol–water partition coefficient (Wildman–Crippen LogP) is 3.10. The number of hydrogen-bond donors (Lipinski definition) is 2. The molecule has 0 spiro atoms. The van der Waals surface area contributed by atoms with E-state index in [1.807, 2.05) is 0 Å². The van der Waals surface area contributed by atoms with Gasteiger partial charge in [-0.05, 0) is 43.7 Å². The molecule has 1 fully saturated rings. The number of para-hydroxylation sites is 1. The lowest BCUT2D eigenvalue weighted by molar-refractivity contribution is 0.000473. The third kappa shape index (κ3) is 3.00. The van der Waals surface area contributed by atoms with Crippen LogP contribution in [0, 0.1) is 5.92 Å². The van der Waals surface area contributed by atoms with Crippen molar-refractivity contribution in [3.63, 3.8) is 0 Å². The van der Waals surface area contributed by atoms with Crippen molar-refractivity contribution in [2.45, 2.75) is 45.1 Å². The molecule has 1 aromatic carbocycles. The molecule has 0 saturated heterocycles. The van der Waals surface area contributed by atoms with Crippen molar-refractivity contribution in [1.29, 1.82) is 0 Å². The van der Waals surface area contributed by atoms with Crippen LogP contribution in [-0.2, 0) is 4.74 Å². The number of hydrogen-bond acceptors (Lipinski definition) is 4. The highest BCUT2D eigenvalue weighted by molar-refractivity contribution is 5.94. The van der Waals surface area contributed by atoms with Crippen LogP contribution >= 0.6 is 0 Å². The van der Waals surface area contributed by atoms with Gasteiger partial charge in [-0.15, -0.1) is 0 Å². The number of benzene rings is 1. The molecule has 2 atom stereocenters. The minimum absolute atomic E-state index is 0.0351. The third-order valence-electron chi connectivity index (χ3n) is 3.91. The largest absolute Gasteiger partial charge is 0.505 e. The molecule has 0 radical (unpaired) electrons. The van der Waals surface area contributed by atoms with Crippen LogP contribution in [0.1, 0.15) is 49.4 Å². The van der Waals surface area contributed by atoms with Gasteiger partial charge in [0.1, 0.15) is 11.7 Å². The first kappa shape index (κ1) is 13.7. The molecule has 1 saturated carbocycles. The summed E-state index contributed by atoms with van der Waals surface area (Å²) in [5, 5.41) is 9.79. The Kier molecular flexibility index (Phi) is 4.30. The number of carbonyl (C=O) groups excluding carboxylic acids is 1. The maximum Gasteiger partial charge on any atom is 0.342 e. The molecule has 104 valence electrons. The Morgan fingerprint density at radius 1 is 1.42 bits per heavy atom. The number of nitrogen functional groups attached to an aromatic ring is 1. The molecule has 2 rings (SSSR count). The molecule has 0 aliphatic heterocycles. The van der Waals surface area contributed by atoms with Crippen LogP contribution in [0.15, 0.2) is 18.2 Å². The van der Waals surface area contributed by atoms with Crippen molar-refractivity contribution in [3.05, 3.63) is 23.8 Å². The minimum Gasteiger partial charge on any atom is -0.505 e. The van der Waals surface area contributed by atoms with Crippen molar-refractivity contribution in [3.8, 4) is 5.75 Å². The molecular weight excluding hydrogens is 242 g/mol. The average Bonchev–Trinajstić information content (AvgIpc) is 2.42. The molecule has 19 heavy (non-hydrogen) atoms. The monoisotopic (exact) mass is 263 g/mol. The van der Waals surface area contributed by atoms with Gasteiger partial charge >= 0.3 is 5.97 Å². The molecule has 4 heteroatoms. The van der Waals surface area contributed by atoms with Gasteiger partial charge in [-0.25, -0.2) is 4.79 Å². The molecular formula is C15H21NO3. The normalized spacial score (nSPS) is 23.0. The number of aromatic hydroxyl groups is 1. The summed E-state index contributed by atoms with van der Waals surface area (Å²) in [7, 11) is 0. The Morgan fingerprint density at radius 2 is 2.16 bits per heavy atom. The lowest BCUT2D eigenvalue weighted by atomic mass is 9.85. The molecule has 1 aliphatic carbocycles. The van der Waals surface area contributed by atoms with E-state index in [9.17, 15) is 9.90 Å². The number of carbonyl (C=O) groups is 1. The van der Waals surface area contributed by atoms with Gasteiger partial charge in [-0.1, -0.05) is 19.4 Å². The maximum atomic E-state index is 12.1. The maximum absolute atomic E-state index is 12.1. The highest BCUT2D eigenvalue weighted by atomic mass is 16.5. The average molecular weight is 263 g/mol. The van der Waals surface area contributed by atoms with Crippen LogP contribution in [0.3, 0.4) is 0 Å². The fraction of sp³-hybridized carbons (Fsp3) is 0.533. The van der Waals surface area contributed by atoms with E-state index in [4.69, 9.17) is 10.5 Å². The number of phenols is 1. The highest BCUT2D eigenvalue weighted by Crippen LogP contribution is 2.31. The van der Waals surface area contributed by atoms with Gasteiger partial charge in [0.2, 0.25) is 0 Å². The lowest BCUT2D eigenvalue weighted by Gasteiger charge is -2.30. The van der Waals surface area contributed by atoms with E-state index < -0.39 is 5.97 Å². The first-order chi connectivity index (χ1) is 9.13. The van der Waals surface area contributed by atoms with Gasteiger partial charge in [0, 0.05) is 0 Å². The van der Waals surface area contributed by atoms with E-state index in [1.54, 1.807) is 12.1 Å². The molecule has 2 unspecified atom stereocenters. The Hall–Kier alpha value is -1.71. The van der Waals surface area contributed by atoms with E-state index in [0.717, 1.165) is 25.7 Å². The lowest BCUT2D eigenvalue weighted by Crippen LogP contribution is -2.29. The molecule has 1 aliphatic rings. The van der Waals surface area contributed by atoms with Gasteiger partial charge in [0.05, 0.1) is 5.69 Å². The quantitative estimate of drug-likeness (QED) is 0.499. The summed E-state index contributed by atoms with van der Waals surface area (Å²) in [4.78, 5) is 12.1. The topological polar surface area (TPSA) is 72.5 Å². The van der Waals surface area contributed by atoms with Crippen molar-refractivity contribution in [1.82, 2.24) is 0 Å². The van der Waals surface area contributed by atoms with Gasteiger partial charge in [0.15, 0.2) is 5.75 Å². The van der Waals surface area contributed by atoms with Crippen molar-refractivity contribution < 1.29 is 14.6 Å². The Labute approximate surface area is 113 Å². The third-order valence-corrected chi connectivity index (χ3v) is 3.91. The molecule has 0 bridgehead atoms. The van der Waals surface area contributed by atoms with Crippen LogP contribution in [0.4, 0.5) is 5.69 Å². The molecule has 0 heterocycles. The fourth-order valence-electron chi connectivity index (χ4n) is 2.72. The van der Waals surface area contributed by atoms with Crippen LogP contribution < -0.4 is 5.73 Å². The van der Waals surface area contributed by atoms with Gasteiger partial charge < -0.3 is 15.6 Å². The zero-order valence-electron chi connectivity index (χ0n) is 11.3. The molecule has 0 aromatic heterocycles. The predicted molar refractivity (Wildman–Crippen MR) is 74.0 cm³/mol. The number of phenolic OH excluding ortho intramolecular Hbond substituents is 1. The number of ether oxygens (including phenoxy) is 1. The summed E-state index contributed by atoms with van der Waals surface area (Å²) in [5.74, 6) is -0.229. The summed E-state index contributed by atoms with van der Waals surface area (Å²) in [5.41, 5.74) is 5.94. The van der Waals surface area contributed by atoms with Gasteiger partial charge in [0.25, 0.3) is 0 Å². The Balaban J connectivity index is 2.09. The van der Waals surface area contributed by atoms with E-state index in [2.05, 4.69) is 6.92 Å². The van der Waals surface area contributed by atoms with E-state index >= 15 is 0 Å². The smallest absolute Gasteiger partial charge is 0.342 e. The van der Waals surface area contributed by atoms with Crippen LogP contribution in [0.5, 0.6) is 5.75 Å². The van der Waals surface area contributed by atoms with E-state index in [-0.39, 0.29) is 23.1 Å². The van der Waals surface area contributed by atoms with Crippen molar-refractivity contribution in [2.24, 2.45) is 5.92 Å². The second-order valence-corrected chi connectivity index (χ2v) is 5.14. The van der Waals surface area contributed by atoms with Crippen LogP contribution in [0.2, 0.25) is 0 Å². The number of esters is 1. The standard InChI is InChI=1S/C15H21NO3/c1-2-10-6-3-4-9-13(10)19-15(18)11-7-5-8-12(16)14(11)17/h5,7-8,10,13,17H,2-4,6,9,16H2,1H3. The van der Waals surface area contributed by atoms with Crippen molar-refractivity contribution >= 4 is 11.7 Å². The summed E-state index contributed by atoms with van der Waals surface area (Å²) in [6, 6.07) is 4.74. The summed E-state index contributed by atoms with van der Waals surface area (Å²) >= 11 is 0. The first-order valence-electron chi connectivity index (χ1n) is 6.92. The second kappa shape index (κ2) is 5.95. The summed E-state index contributed by atoms with van der Waals surface area (Å²) in [6.07, 6.45) is 5.30. The Bertz CT molecular complexity index is 459. The minimum atomic E-state index is -0.477. The first-order valence-corrected chi connectivity index (χ1v) is 6.92. The van der Waals surface area contributed by atoms with Gasteiger partial charge in [-0.3, -0.25) is 0 Å². The molecule has 0 amide bonds. The summed E-state index contributed by atoms with van der Waals surface area (Å²) in [6.45, 7) is 2.12. The Morgan fingerprint density at radius 3 is 2.89 bits per heavy atom. The second-order valence-electron chi connectivity index (χ2n) is 5.14. The SMILES string of the molecule is CCC1CCCCC1OC(=O)c1cccc(N)c1O. The van der Waals surface area contributed by atoms with E-state index in [0.29, 0.717) is 5.92 Å². The fourth-order valence-corrected chi connectivity index (χ4v) is 2.72. The number of nitrogens with two attached hydrogens (primary N) is 1. The number of rotatable bonds is 3. The summed E-state index contributed by atoms with van der Waals surface area (Å²) < 4.78 is 5.56. The zero-order valence-corrected chi connectivity index (χ0v) is 11.3. The van der Waals surface area contributed by atoms with Crippen LogP contribution in [-0.4, -0.2) is 17.2 Å². The van der Waals surface area contributed by atoms with Crippen molar-refractivity contribution in [2.75, 3.05) is 5.73 Å². The molecule has 1 aromatic rings. The zero-order chi connectivity index (χ0) is 13.8. The molecule has 3 N–H and O–H groups in total. The highest BCUT2D eigenvalue weighted by Gasteiger charge is 2.28. The van der Waals surface area contributed by atoms with Crippen LogP contribution in [0.25, 0.3) is 0 Å². The molecule has 4 nitrogen and oxygen atoms in total. The van der Waals surface area contributed by atoms with Gasteiger partial charge in [-0.2, -0.15) is 0 Å². The van der Waals surface area contributed by atoms with E-state index in [1.165, 1.54) is 12.5 Å².